The van der Waals surface area contributed by atoms with Gasteiger partial charge in [0.15, 0.2) is 5.69 Å². The molecule has 1 N–H and O–H groups in total. The van der Waals surface area contributed by atoms with Gasteiger partial charge in [-0.15, -0.1) is 0 Å². The molecule has 2 rings (SSSR count). The SMILES string of the molecule is CCOC(=O)Cc1c(C)nc2snc(C(=O)O)c2c1C. The Labute approximate surface area is 119 Å². The molecule has 0 aromatic carbocycles. The largest absolute Gasteiger partial charge is 0.476 e. The van der Waals surface area contributed by atoms with Gasteiger partial charge in [0.05, 0.1) is 13.0 Å². The third-order valence-electron chi connectivity index (χ3n) is 3.04. The first-order valence-corrected chi connectivity index (χ1v) is 6.87. The van der Waals surface area contributed by atoms with Crippen LogP contribution in [0.15, 0.2) is 0 Å². The second kappa shape index (κ2) is 5.54. The van der Waals surface area contributed by atoms with Gasteiger partial charge in [0.25, 0.3) is 0 Å². The van der Waals surface area contributed by atoms with Crippen molar-refractivity contribution in [1.82, 2.24) is 9.36 Å². The summed E-state index contributed by atoms with van der Waals surface area (Å²) in [4.78, 5) is 27.7. The van der Waals surface area contributed by atoms with Crippen LogP contribution in [0.5, 0.6) is 0 Å². The second-order valence-corrected chi connectivity index (χ2v) is 5.05. The third-order valence-corrected chi connectivity index (χ3v) is 3.78. The van der Waals surface area contributed by atoms with Crippen molar-refractivity contribution >= 4 is 33.7 Å². The third kappa shape index (κ3) is 2.49. The first-order valence-electron chi connectivity index (χ1n) is 6.10. The van der Waals surface area contributed by atoms with Crippen LogP contribution in [-0.4, -0.2) is 33.0 Å². The number of aryl methyl sites for hydroxylation is 2. The van der Waals surface area contributed by atoms with Crippen LogP contribution in [0, 0.1) is 13.8 Å². The highest BCUT2D eigenvalue weighted by molar-refractivity contribution is 7.13. The number of ether oxygens (including phenoxy) is 1. The van der Waals surface area contributed by atoms with Crippen molar-refractivity contribution in [2.24, 2.45) is 0 Å². The molecule has 2 aromatic rings. The van der Waals surface area contributed by atoms with E-state index in [2.05, 4.69) is 9.36 Å². The van der Waals surface area contributed by atoms with E-state index in [9.17, 15) is 9.59 Å². The van der Waals surface area contributed by atoms with E-state index < -0.39 is 5.97 Å². The Hall–Kier alpha value is -2.02. The molecule has 20 heavy (non-hydrogen) atoms. The molecule has 0 saturated heterocycles. The number of carboxylic acids is 1. The summed E-state index contributed by atoms with van der Waals surface area (Å²) in [6, 6.07) is 0. The lowest BCUT2D eigenvalue weighted by atomic mass is 10.0. The van der Waals surface area contributed by atoms with E-state index in [1.54, 1.807) is 20.8 Å². The van der Waals surface area contributed by atoms with Gasteiger partial charge in [-0.1, -0.05) is 0 Å². The summed E-state index contributed by atoms with van der Waals surface area (Å²) in [7, 11) is 0. The minimum atomic E-state index is -1.09. The molecule has 6 nitrogen and oxygen atoms in total. The fraction of sp³-hybridized carbons (Fsp3) is 0.385. The average molecular weight is 294 g/mol. The molecule has 0 bridgehead atoms. The lowest BCUT2D eigenvalue weighted by Gasteiger charge is -2.10. The van der Waals surface area contributed by atoms with Crippen molar-refractivity contribution in [3.63, 3.8) is 0 Å². The second-order valence-electron chi connectivity index (χ2n) is 4.30. The number of aromatic nitrogens is 2. The molecule has 0 radical (unpaired) electrons. The van der Waals surface area contributed by atoms with Crippen LogP contribution in [-0.2, 0) is 16.0 Å². The molecule has 0 aliphatic heterocycles. The normalized spacial score (nSPS) is 10.8. The van der Waals surface area contributed by atoms with Crippen LogP contribution >= 0.6 is 11.5 Å². The van der Waals surface area contributed by atoms with Gasteiger partial charge in [-0.2, -0.15) is 4.37 Å². The maximum Gasteiger partial charge on any atom is 0.356 e. The monoisotopic (exact) mass is 294 g/mol. The van der Waals surface area contributed by atoms with Gasteiger partial charge in [-0.25, -0.2) is 9.78 Å². The van der Waals surface area contributed by atoms with Crippen molar-refractivity contribution in [3.05, 3.63) is 22.5 Å². The Kier molecular flexibility index (Phi) is 3.99. The van der Waals surface area contributed by atoms with Crippen molar-refractivity contribution in [2.75, 3.05) is 6.61 Å². The summed E-state index contributed by atoms with van der Waals surface area (Å²) in [6.07, 6.45) is 0.0867. The van der Waals surface area contributed by atoms with E-state index in [-0.39, 0.29) is 18.1 Å². The molecule has 0 atom stereocenters. The fourth-order valence-corrected chi connectivity index (χ4v) is 2.97. The summed E-state index contributed by atoms with van der Waals surface area (Å²) in [5.41, 5.74) is 2.12. The van der Waals surface area contributed by atoms with Crippen LogP contribution in [0.3, 0.4) is 0 Å². The first-order chi connectivity index (χ1) is 9.45. The molecule has 0 aliphatic carbocycles. The highest BCUT2D eigenvalue weighted by atomic mass is 32.1. The van der Waals surface area contributed by atoms with Crippen LogP contribution in [0.25, 0.3) is 10.2 Å². The van der Waals surface area contributed by atoms with Crippen LogP contribution in [0.1, 0.15) is 34.2 Å². The fourth-order valence-electron chi connectivity index (χ4n) is 2.10. The van der Waals surface area contributed by atoms with Gasteiger partial charge in [-0.3, -0.25) is 4.79 Å². The van der Waals surface area contributed by atoms with Crippen LogP contribution < -0.4 is 0 Å². The number of hydrogen-bond donors (Lipinski definition) is 1. The van der Waals surface area contributed by atoms with Crippen molar-refractivity contribution in [1.29, 1.82) is 0 Å². The van der Waals surface area contributed by atoms with E-state index in [1.807, 2.05) is 0 Å². The van der Waals surface area contributed by atoms with Crippen LogP contribution in [0.2, 0.25) is 0 Å². The number of rotatable bonds is 4. The maximum absolute atomic E-state index is 11.6. The van der Waals surface area contributed by atoms with Gasteiger partial charge in [0.1, 0.15) is 4.83 Å². The van der Waals surface area contributed by atoms with Gasteiger partial charge in [0.2, 0.25) is 0 Å². The molecule has 2 aromatic heterocycles. The van der Waals surface area contributed by atoms with Crippen molar-refractivity contribution in [2.45, 2.75) is 27.2 Å². The number of carbonyl (C=O) groups excluding carboxylic acids is 1. The number of aromatic carboxylic acids is 1. The Balaban J connectivity index is 2.57. The number of hydrogen-bond acceptors (Lipinski definition) is 6. The lowest BCUT2D eigenvalue weighted by Crippen LogP contribution is -2.11. The maximum atomic E-state index is 11.6. The zero-order chi connectivity index (χ0) is 14.9. The van der Waals surface area contributed by atoms with E-state index in [4.69, 9.17) is 9.84 Å². The molecule has 106 valence electrons. The topological polar surface area (TPSA) is 89.4 Å². The highest BCUT2D eigenvalue weighted by Gasteiger charge is 2.21. The van der Waals surface area contributed by atoms with Gasteiger partial charge in [0, 0.05) is 11.1 Å². The quantitative estimate of drug-likeness (QED) is 0.869. The van der Waals surface area contributed by atoms with Crippen LogP contribution in [0.4, 0.5) is 0 Å². The standard InChI is InChI=1S/C13H14N2O4S/c1-4-19-9(16)5-8-6(2)10-11(13(17)18)15-20-12(10)14-7(8)3/h4-5H2,1-3H3,(H,17,18). The van der Waals surface area contributed by atoms with Crippen molar-refractivity contribution < 1.29 is 19.4 Å². The number of esters is 1. The summed E-state index contributed by atoms with van der Waals surface area (Å²) in [5.74, 6) is -1.44. The number of carboxylic acid groups (broad SMARTS) is 1. The molecular formula is C13H14N2O4S. The summed E-state index contributed by atoms with van der Waals surface area (Å²) < 4.78 is 8.85. The molecule has 7 heteroatoms. The van der Waals surface area contributed by atoms with E-state index >= 15 is 0 Å². The summed E-state index contributed by atoms with van der Waals surface area (Å²) >= 11 is 1.05. The number of pyridine rings is 1. The van der Waals surface area contributed by atoms with E-state index in [0.717, 1.165) is 17.1 Å². The predicted octanol–water partition coefficient (Wildman–Crippen LogP) is 2.11. The zero-order valence-corrected chi connectivity index (χ0v) is 12.2. The average Bonchev–Trinajstić information content (AvgIpc) is 2.78. The van der Waals surface area contributed by atoms with E-state index in [1.165, 1.54) is 0 Å². The molecule has 0 spiro atoms. The molecule has 0 saturated carbocycles. The minimum absolute atomic E-state index is 0.0138. The minimum Gasteiger partial charge on any atom is -0.476 e. The van der Waals surface area contributed by atoms with Gasteiger partial charge < -0.3 is 9.84 Å². The van der Waals surface area contributed by atoms with Crippen molar-refractivity contribution in [3.8, 4) is 0 Å². The van der Waals surface area contributed by atoms with Gasteiger partial charge >= 0.3 is 11.9 Å². The van der Waals surface area contributed by atoms with Gasteiger partial charge in [-0.05, 0) is 43.4 Å². The number of carbonyl (C=O) groups is 2. The Morgan fingerprint density at radius 3 is 2.65 bits per heavy atom. The molecular weight excluding hydrogens is 280 g/mol. The highest BCUT2D eigenvalue weighted by Crippen LogP contribution is 2.28. The molecule has 2 heterocycles. The molecule has 0 fully saturated rings. The zero-order valence-electron chi connectivity index (χ0n) is 11.4. The Morgan fingerprint density at radius 2 is 2.05 bits per heavy atom. The number of nitrogens with zero attached hydrogens (tertiary/aromatic N) is 2. The predicted molar refractivity (Wildman–Crippen MR) is 74.2 cm³/mol. The Bertz CT molecular complexity index is 693. The smallest absolute Gasteiger partial charge is 0.356 e. The van der Waals surface area contributed by atoms with E-state index in [0.29, 0.717) is 28.1 Å². The Morgan fingerprint density at radius 1 is 1.35 bits per heavy atom. The summed E-state index contributed by atoms with van der Waals surface area (Å²) in [5, 5.41) is 9.65. The summed E-state index contributed by atoms with van der Waals surface area (Å²) in [6.45, 7) is 5.63. The lowest BCUT2D eigenvalue weighted by molar-refractivity contribution is -0.142. The number of fused-ring (bicyclic) bond motifs is 1. The first kappa shape index (κ1) is 14.4. The molecule has 0 aliphatic rings. The molecule has 0 unspecified atom stereocenters. The molecule has 0 amide bonds.